The third-order valence-corrected chi connectivity index (χ3v) is 10.3. The summed E-state index contributed by atoms with van der Waals surface area (Å²) in [5.74, 6) is 0. The molecule has 5 heteroatoms. The average Bonchev–Trinajstić information content (AvgIpc) is 3.85. The summed E-state index contributed by atoms with van der Waals surface area (Å²) in [7, 11) is 0. The van der Waals surface area contributed by atoms with Crippen molar-refractivity contribution in [2.75, 3.05) is 0 Å². The molecule has 0 fully saturated rings. The smallest absolute Gasteiger partial charge is 0.135 e. The SMILES string of the molecule is c1cncc(-c2ccc3c(c2)c2ccccc2n3-c2ccc3oc4ccc(-n5c6ccccc6c6cc(-c7cccnc7)ccc65)cc4c3c2)c1. The van der Waals surface area contributed by atoms with E-state index >= 15 is 0 Å². The second-order valence-corrected chi connectivity index (χ2v) is 13.1. The van der Waals surface area contributed by atoms with Crippen LogP contribution in [0, 0.1) is 0 Å². The number of para-hydroxylation sites is 2. The van der Waals surface area contributed by atoms with Crippen LogP contribution in [0.2, 0.25) is 0 Å². The zero-order valence-corrected chi connectivity index (χ0v) is 27.4. The molecule has 0 bridgehead atoms. The Hall–Kier alpha value is -6.98. The molecule has 0 saturated carbocycles. The predicted octanol–water partition coefficient (Wildman–Crippen LogP) is 11.9. The van der Waals surface area contributed by atoms with Crippen LogP contribution in [0.3, 0.4) is 0 Å². The summed E-state index contributed by atoms with van der Waals surface area (Å²) in [4.78, 5) is 8.71. The Bertz CT molecular complexity index is 2920. The Balaban J connectivity index is 1.10. The van der Waals surface area contributed by atoms with Crippen LogP contribution in [-0.2, 0) is 0 Å². The third-order valence-electron chi connectivity index (χ3n) is 10.3. The van der Waals surface area contributed by atoms with Crippen molar-refractivity contribution < 1.29 is 4.42 Å². The molecule has 238 valence electrons. The molecule has 0 aliphatic heterocycles. The summed E-state index contributed by atoms with van der Waals surface area (Å²) in [6.45, 7) is 0. The minimum absolute atomic E-state index is 0.869. The van der Waals surface area contributed by atoms with Gasteiger partial charge in [-0.3, -0.25) is 9.97 Å². The molecule has 0 aliphatic carbocycles. The van der Waals surface area contributed by atoms with Crippen molar-refractivity contribution >= 4 is 65.6 Å². The van der Waals surface area contributed by atoms with E-state index in [4.69, 9.17) is 4.42 Å². The van der Waals surface area contributed by atoms with Crippen LogP contribution in [0.5, 0.6) is 0 Å². The minimum atomic E-state index is 0.869. The summed E-state index contributed by atoms with van der Waals surface area (Å²) in [5.41, 5.74) is 13.1. The maximum Gasteiger partial charge on any atom is 0.135 e. The number of hydrogen-bond acceptors (Lipinski definition) is 3. The van der Waals surface area contributed by atoms with Gasteiger partial charge in [0.25, 0.3) is 0 Å². The second-order valence-electron chi connectivity index (χ2n) is 13.1. The van der Waals surface area contributed by atoms with Gasteiger partial charge in [-0.25, -0.2) is 0 Å². The van der Waals surface area contributed by atoms with Crippen LogP contribution >= 0.6 is 0 Å². The lowest BCUT2D eigenvalue weighted by Gasteiger charge is -2.09. The Morgan fingerprint density at radius 3 is 1.29 bits per heavy atom. The monoisotopic (exact) mass is 652 g/mol. The van der Waals surface area contributed by atoms with E-state index < -0.39 is 0 Å². The maximum atomic E-state index is 6.45. The van der Waals surface area contributed by atoms with Gasteiger partial charge in [0.2, 0.25) is 0 Å². The summed E-state index contributed by atoms with van der Waals surface area (Å²) < 4.78 is 11.2. The van der Waals surface area contributed by atoms with Crippen LogP contribution in [-0.4, -0.2) is 19.1 Å². The Labute approximate surface area is 292 Å². The second kappa shape index (κ2) is 10.8. The summed E-state index contributed by atoms with van der Waals surface area (Å²) in [6, 6.07) is 52.0. The zero-order valence-electron chi connectivity index (χ0n) is 27.4. The fraction of sp³-hybridized carbons (Fsp3) is 0. The Morgan fingerprint density at radius 2 is 0.824 bits per heavy atom. The van der Waals surface area contributed by atoms with Gasteiger partial charge in [-0.1, -0.05) is 60.7 Å². The van der Waals surface area contributed by atoms with Gasteiger partial charge in [-0.05, 0) is 96.1 Å². The summed E-state index contributed by atoms with van der Waals surface area (Å²) >= 11 is 0. The summed E-state index contributed by atoms with van der Waals surface area (Å²) in [6.07, 6.45) is 7.47. The Kier molecular flexibility index (Phi) is 5.89. The van der Waals surface area contributed by atoms with E-state index in [1.807, 2.05) is 36.9 Å². The van der Waals surface area contributed by atoms with Crippen LogP contribution < -0.4 is 0 Å². The number of furan rings is 1. The maximum absolute atomic E-state index is 6.45. The van der Waals surface area contributed by atoms with Crippen molar-refractivity contribution in [3.05, 3.63) is 170 Å². The Morgan fingerprint density at radius 1 is 0.353 bits per heavy atom. The topological polar surface area (TPSA) is 48.8 Å². The van der Waals surface area contributed by atoms with Gasteiger partial charge in [0, 0.05) is 79.6 Å². The van der Waals surface area contributed by atoms with Gasteiger partial charge in [-0.15, -0.1) is 0 Å². The molecule has 0 spiro atoms. The number of rotatable bonds is 4. The molecule has 0 amide bonds. The van der Waals surface area contributed by atoms with Crippen molar-refractivity contribution in [1.82, 2.24) is 19.1 Å². The standard InChI is InChI=1S/C46H28N4O/c1-3-11-41-35(9-1)37-23-29(31-7-5-21-47-27-31)13-17-43(37)49(41)33-15-19-45-39(25-33)40-26-34(16-20-46(40)51-45)50-42-12-4-2-10-36(42)38-24-30(14-18-44(38)50)32-8-6-22-48-28-32/h1-28H. The van der Waals surface area contributed by atoms with Crippen LogP contribution in [0.4, 0.5) is 0 Å². The lowest BCUT2D eigenvalue weighted by Crippen LogP contribution is -1.94. The third kappa shape index (κ3) is 4.22. The molecule has 0 aliphatic rings. The largest absolute Gasteiger partial charge is 0.456 e. The van der Waals surface area contributed by atoms with Crippen molar-refractivity contribution in [3.8, 4) is 33.6 Å². The van der Waals surface area contributed by atoms with Gasteiger partial charge >= 0.3 is 0 Å². The van der Waals surface area contributed by atoms with Gasteiger partial charge in [0.15, 0.2) is 0 Å². The number of fused-ring (bicyclic) bond motifs is 9. The molecule has 0 radical (unpaired) electrons. The highest BCUT2D eigenvalue weighted by molar-refractivity contribution is 6.13. The highest BCUT2D eigenvalue weighted by Gasteiger charge is 2.18. The lowest BCUT2D eigenvalue weighted by molar-refractivity contribution is 0.669. The first-order valence-electron chi connectivity index (χ1n) is 17.1. The van der Waals surface area contributed by atoms with Crippen molar-refractivity contribution in [2.45, 2.75) is 0 Å². The molecular formula is C46H28N4O. The van der Waals surface area contributed by atoms with E-state index in [1.54, 1.807) is 0 Å². The number of hydrogen-bond donors (Lipinski definition) is 0. The average molecular weight is 653 g/mol. The molecule has 5 nitrogen and oxygen atoms in total. The lowest BCUT2D eigenvalue weighted by atomic mass is 10.0. The molecule has 11 rings (SSSR count). The van der Waals surface area contributed by atoms with E-state index in [-0.39, 0.29) is 0 Å². The fourth-order valence-electron chi connectivity index (χ4n) is 7.96. The predicted molar refractivity (Wildman–Crippen MR) is 209 cm³/mol. The molecule has 0 atom stereocenters. The molecule has 5 heterocycles. The normalized spacial score (nSPS) is 11.9. The molecule has 0 unspecified atom stereocenters. The van der Waals surface area contributed by atoms with Crippen molar-refractivity contribution in [3.63, 3.8) is 0 Å². The zero-order chi connectivity index (χ0) is 33.5. The van der Waals surface area contributed by atoms with Crippen molar-refractivity contribution in [1.29, 1.82) is 0 Å². The molecular weight excluding hydrogens is 625 g/mol. The quantitative estimate of drug-likeness (QED) is 0.190. The van der Waals surface area contributed by atoms with E-state index in [0.29, 0.717) is 0 Å². The van der Waals surface area contributed by atoms with Crippen LogP contribution in [0.1, 0.15) is 0 Å². The number of nitrogens with zero attached hydrogens (tertiary/aromatic N) is 4. The molecule has 5 aromatic heterocycles. The first kappa shape index (κ1) is 27.9. The highest BCUT2D eigenvalue weighted by Crippen LogP contribution is 2.39. The van der Waals surface area contributed by atoms with Gasteiger partial charge in [0.05, 0.1) is 22.1 Å². The van der Waals surface area contributed by atoms with Crippen LogP contribution in [0.25, 0.3) is 99.2 Å². The summed E-state index contributed by atoms with van der Waals surface area (Å²) in [5, 5.41) is 7.03. The first-order chi connectivity index (χ1) is 25.3. The minimum Gasteiger partial charge on any atom is -0.456 e. The first-order valence-corrected chi connectivity index (χ1v) is 17.1. The van der Waals surface area contributed by atoms with E-state index in [1.165, 1.54) is 32.6 Å². The number of benzene rings is 6. The van der Waals surface area contributed by atoms with Gasteiger partial charge < -0.3 is 13.6 Å². The van der Waals surface area contributed by atoms with E-state index in [2.05, 4.69) is 153 Å². The van der Waals surface area contributed by atoms with Gasteiger partial charge in [-0.2, -0.15) is 0 Å². The van der Waals surface area contributed by atoms with Crippen molar-refractivity contribution in [2.24, 2.45) is 0 Å². The molecule has 6 aromatic carbocycles. The highest BCUT2D eigenvalue weighted by atomic mass is 16.3. The fourth-order valence-corrected chi connectivity index (χ4v) is 7.96. The van der Waals surface area contributed by atoms with Gasteiger partial charge in [0.1, 0.15) is 11.2 Å². The molecule has 0 saturated heterocycles. The van der Waals surface area contributed by atoms with E-state index in [0.717, 1.165) is 66.6 Å². The van der Waals surface area contributed by atoms with Crippen LogP contribution in [0.15, 0.2) is 175 Å². The number of aromatic nitrogens is 4. The molecule has 0 N–H and O–H groups in total. The van der Waals surface area contributed by atoms with E-state index in [9.17, 15) is 0 Å². The molecule has 11 aromatic rings. The number of pyridine rings is 2. The molecule has 51 heavy (non-hydrogen) atoms.